The van der Waals surface area contributed by atoms with Crippen molar-refractivity contribution in [2.75, 3.05) is 5.73 Å². The third-order valence-electron chi connectivity index (χ3n) is 3.68. The summed E-state index contributed by atoms with van der Waals surface area (Å²) in [5.74, 6) is -1.49. The van der Waals surface area contributed by atoms with Crippen molar-refractivity contribution in [1.29, 1.82) is 0 Å². The molecule has 0 aromatic carbocycles. The van der Waals surface area contributed by atoms with Crippen LogP contribution in [0.1, 0.15) is 17.0 Å². The van der Waals surface area contributed by atoms with Gasteiger partial charge in [0.15, 0.2) is 5.82 Å². The van der Waals surface area contributed by atoms with Gasteiger partial charge in [0.05, 0.1) is 5.57 Å². The molecule has 0 aliphatic heterocycles. The van der Waals surface area contributed by atoms with Crippen LogP contribution < -0.4 is 11.5 Å². The average Bonchev–Trinajstić information content (AvgIpc) is 3.14. The van der Waals surface area contributed by atoms with Crippen LogP contribution >= 0.6 is 0 Å². The highest BCUT2D eigenvalue weighted by molar-refractivity contribution is 6.22. The third-order valence-corrected chi connectivity index (χ3v) is 3.68. The fourth-order valence-corrected chi connectivity index (χ4v) is 2.31. The van der Waals surface area contributed by atoms with Gasteiger partial charge < -0.3 is 11.5 Å². The number of nitrogens with two attached hydrogens (primary N) is 2. The maximum atomic E-state index is 13.0. The van der Waals surface area contributed by atoms with Crippen LogP contribution in [0.3, 0.4) is 0 Å². The summed E-state index contributed by atoms with van der Waals surface area (Å²) in [5.41, 5.74) is 6.51. The molecule has 3 aromatic heterocycles. The van der Waals surface area contributed by atoms with Crippen molar-refractivity contribution >= 4 is 23.6 Å². The number of carbonyl (C=O) groups is 1. The van der Waals surface area contributed by atoms with Crippen LogP contribution in [0.2, 0.25) is 0 Å². The summed E-state index contributed by atoms with van der Waals surface area (Å²) in [6, 6.07) is 0.753. The molecule has 3 heterocycles. The maximum absolute atomic E-state index is 13.0. The van der Waals surface area contributed by atoms with E-state index in [4.69, 9.17) is 11.5 Å². The topological polar surface area (TPSA) is 138 Å². The van der Waals surface area contributed by atoms with Gasteiger partial charge in [-0.25, -0.2) is 24.6 Å². The van der Waals surface area contributed by atoms with Crippen molar-refractivity contribution in [2.45, 2.75) is 12.4 Å². The number of nitrogen functional groups attached to an aromatic ring is 1. The molecule has 3 aromatic rings. The summed E-state index contributed by atoms with van der Waals surface area (Å²) in [7, 11) is 0. The second-order valence-corrected chi connectivity index (χ2v) is 5.91. The number of primary amides is 1. The van der Waals surface area contributed by atoms with Gasteiger partial charge in [0.25, 0.3) is 5.91 Å². The molecule has 0 aliphatic carbocycles. The lowest BCUT2D eigenvalue weighted by atomic mass is 10.1. The lowest BCUT2D eigenvalue weighted by Gasteiger charge is -2.11. The minimum atomic E-state index is -5.13. The number of amides is 1. The molecule has 0 fully saturated rings. The summed E-state index contributed by atoms with van der Waals surface area (Å²) in [6.07, 6.45) is -5.89. The van der Waals surface area contributed by atoms with E-state index in [9.17, 15) is 31.1 Å². The second-order valence-electron chi connectivity index (χ2n) is 5.91. The predicted octanol–water partition coefficient (Wildman–Crippen LogP) is 2.23. The van der Waals surface area contributed by atoms with Gasteiger partial charge in [0, 0.05) is 29.7 Å². The molecular formula is C16H10F6N8O. The Kier molecular flexibility index (Phi) is 5.35. The normalized spacial score (nSPS) is 12.8. The maximum Gasteiger partial charge on any atom is 0.433 e. The zero-order valence-corrected chi connectivity index (χ0v) is 15.0. The quantitative estimate of drug-likeness (QED) is 0.465. The van der Waals surface area contributed by atoms with E-state index in [0.717, 1.165) is 17.2 Å². The number of alkyl halides is 6. The molecule has 3 rings (SSSR count). The van der Waals surface area contributed by atoms with Crippen LogP contribution in [0.15, 0.2) is 30.9 Å². The van der Waals surface area contributed by atoms with Crippen molar-refractivity contribution in [3.63, 3.8) is 0 Å². The van der Waals surface area contributed by atoms with Crippen LogP contribution in [0, 0.1) is 0 Å². The van der Waals surface area contributed by atoms with Gasteiger partial charge in [-0.1, -0.05) is 0 Å². The first-order chi connectivity index (χ1) is 14.3. The highest BCUT2D eigenvalue weighted by atomic mass is 19.4. The molecule has 1 amide bonds. The molecule has 0 atom stereocenters. The largest absolute Gasteiger partial charge is 0.433 e. The van der Waals surface area contributed by atoms with Gasteiger partial charge >= 0.3 is 12.4 Å². The van der Waals surface area contributed by atoms with Crippen molar-refractivity contribution in [1.82, 2.24) is 29.7 Å². The van der Waals surface area contributed by atoms with Crippen molar-refractivity contribution in [3.8, 4) is 11.4 Å². The molecule has 0 saturated heterocycles. The SMILES string of the molecule is NC(=O)/C(=C/n1cnc(-c2cc(C(F)(F)F)nc(C(F)(F)F)c2)n1)c1cnc(N)nc1. The molecular weight excluding hydrogens is 434 g/mol. The molecule has 31 heavy (non-hydrogen) atoms. The fraction of sp³-hybridized carbons (Fsp3) is 0.125. The molecule has 0 radical (unpaired) electrons. The number of anilines is 1. The zero-order valence-electron chi connectivity index (χ0n) is 15.0. The van der Waals surface area contributed by atoms with Crippen LogP contribution in [0.5, 0.6) is 0 Å². The van der Waals surface area contributed by atoms with Gasteiger partial charge in [-0.3, -0.25) is 4.79 Å². The summed E-state index contributed by atoms with van der Waals surface area (Å²) >= 11 is 0. The van der Waals surface area contributed by atoms with Gasteiger partial charge in [0.1, 0.15) is 17.7 Å². The van der Waals surface area contributed by atoms with Gasteiger partial charge in [-0.05, 0) is 12.1 Å². The van der Waals surface area contributed by atoms with E-state index in [1.54, 1.807) is 0 Å². The monoisotopic (exact) mass is 444 g/mol. The molecule has 0 unspecified atom stereocenters. The fourth-order valence-electron chi connectivity index (χ4n) is 2.31. The average molecular weight is 444 g/mol. The zero-order chi connectivity index (χ0) is 23.0. The number of hydrogen-bond acceptors (Lipinski definition) is 7. The summed E-state index contributed by atoms with van der Waals surface area (Å²) in [6.45, 7) is 0. The first-order valence-electron chi connectivity index (χ1n) is 8.02. The molecule has 0 bridgehead atoms. The standard InChI is InChI=1S/C16H10F6N8O/c17-15(18,19)10-1-7(2-11(28-10)16(20,21)22)13-27-6-30(29-13)5-9(12(23)31)8-3-25-14(24)26-4-8/h1-6H,(H2,23,31)(H2,24,25,26)/b9-5+. The number of carbonyl (C=O) groups excluding carboxylic acids is 1. The second kappa shape index (κ2) is 7.66. The number of hydrogen-bond donors (Lipinski definition) is 2. The minimum absolute atomic E-state index is 0.0748. The molecule has 0 aliphatic rings. The summed E-state index contributed by atoms with van der Waals surface area (Å²) < 4.78 is 78.7. The molecule has 4 N–H and O–H groups in total. The molecule has 0 saturated carbocycles. The van der Waals surface area contributed by atoms with Crippen molar-refractivity contribution in [3.05, 3.63) is 47.8 Å². The third kappa shape index (κ3) is 4.93. The van der Waals surface area contributed by atoms with E-state index in [-0.39, 0.29) is 17.1 Å². The van der Waals surface area contributed by atoms with E-state index >= 15 is 0 Å². The smallest absolute Gasteiger partial charge is 0.368 e. The van der Waals surface area contributed by atoms with Crippen LogP contribution in [-0.2, 0) is 17.1 Å². The molecule has 15 heteroatoms. The minimum Gasteiger partial charge on any atom is -0.368 e. The van der Waals surface area contributed by atoms with Gasteiger partial charge in [-0.2, -0.15) is 26.3 Å². The van der Waals surface area contributed by atoms with Crippen molar-refractivity contribution in [2.24, 2.45) is 5.73 Å². The van der Waals surface area contributed by atoms with Crippen LogP contribution in [-0.4, -0.2) is 35.6 Å². The molecule has 0 spiro atoms. The Bertz CT molecular complexity index is 1120. The lowest BCUT2D eigenvalue weighted by molar-refractivity contribution is -0.150. The first kappa shape index (κ1) is 21.7. The molecule has 9 nitrogen and oxygen atoms in total. The van der Waals surface area contributed by atoms with Crippen molar-refractivity contribution < 1.29 is 31.1 Å². The highest BCUT2D eigenvalue weighted by Gasteiger charge is 2.39. The Morgan fingerprint density at radius 1 is 0.968 bits per heavy atom. The number of nitrogens with zero attached hydrogens (tertiary/aromatic N) is 6. The Labute approximate surface area is 168 Å². The van der Waals surface area contributed by atoms with Crippen LogP contribution in [0.4, 0.5) is 32.3 Å². The number of pyridine rings is 1. The van der Waals surface area contributed by atoms with E-state index < -0.39 is 41.0 Å². The highest BCUT2D eigenvalue weighted by Crippen LogP contribution is 2.35. The number of rotatable bonds is 4. The number of aromatic nitrogens is 6. The van der Waals surface area contributed by atoms with E-state index in [2.05, 4.69) is 25.0 Å². The van der Waals surface area contributed by atoms with Crippen LogP contribution in [0.25, 0.3) is 23.2 Å². The summed E-state index contributed by atoms with van der Waals surface area (Å²) in [5, 5.41) is 3.79. The van der Waals surface area contributed by atoms with E-state index in [1.807, 2.05) is 0 Å². The van der Waals surface area contributed by atoms with Gasteiger partial charge in [0.2, 0.25) is 5.95 Å². The Hall–Kier alpha value is -4.04. The lowest BCUT2D eigenvalue weighted by Crippen LogP contribution is -2.15. The Balaban J connectivity index is 2.06. The number of halogens is 6. The first-order valence-corrected chi connectivity index (χ1v) is 8.02. The van der Waals surface area contributed by atoms with Gasteiger partial charge in [-0.15, -0.1) is 5.10 Å². The molecule has 162 valence electrons. The Morgan fingerprint density at radius 3 is 2.00 bits per heavy atom. The predicted molar refractivity (Wildman–Crippen MR) is 93.1 cm³/mol. The Morgan fingerprint density at radius 2 is 1.52 bits per heavy atom. The van der Waals surface area contributed by atoms with E-state index in [0.29, 0.717) is 12.1 Å². The summed E-state index contributed by atoms with van der Waals surface area (Å²) in [4.78, 5) is 25.4. The van der Waals surface area contributed by atoms with E-state index in [1.165, 1.54) is 12.4 Å².